The zero-order valence-corrected chi connectivity index (χ0v) is 12.9. The summed E-state index contributed by atoms with van der Waals surface area (Å²) in [7, 11) is 1.53. The number of nitrogens with zero attached hydrogens (tertiary/aromatic N) is 4. The van der Waals surface area contributed by atoms with Gasteiger partial charge < -0.3 is 14.4 Å². The second-order valence-corrected chi connectivity index (χ2v) is 5.32. The first-order valence-corrected chi connectivity index (χ1v) is 7.45. The van der Waals surface area contributed by atoms with E-state index in [4.69, 9.17) is 9.47 Å². The molecule has 1 atom stereocenters. The fraction of sp³-hybridized carbons (Fsp3) is 0.375. The monoisotopic (exact) mass is 314 g/mol. The number of aromatic nitrogens is 3. The van der Waals surface area contributed by atoms with Gasteiger partial charge in [-0.15, -0.1) is 10.2 Å². The van der Waals surface area contributed by atoms with Crippen molar-refractivity contribution in [3.05, 3.63) is 42.2 Å². The van der Waals surface area contributed by atoms with Gasteiger partial charge in [0, 0.05) is 37.5 Å². The van der Waals surface area contributed by atoms with Gasteiger partial charge in [0.05, 0.1) is 20.1 Å². The van der Waals surface area contributed by atoms with E-state index in [-0.39, 0.29) is 12.0 Å². The van der Waals surface area contributed by atoms with Crippen molar-refractivity contribution in [1.29, 1.82) is 0 Å². The zero-order chi connectivity index (χ0) is 16.1. The summed E-state index contributed by atoms with van der Waals surface area (Å²) in [5.41, 5.74) is 0.919. The number of carbonyl (C=O) groups is 1. The summed E-state index contributed by atoms with van der Waals surface area (Å²) in [6.45, 7) is 1.25. The Morgan fingerprint density at radius 2 is 2.13 bits per heavy atom. The molecule has 0 unspecified atom stereocenters. The first kappa shape index (κ1) is 15.2. The van der Waals surface area contributed by atoms with Crippen molar-refractivity contribution < 1.29 is 14.3 Å². The van der Waals surface area contributed by atoms with Crippen LogP contribution < -0.4 is 9.47 Å². The van der Waals surface area contributed by atoms with Gasteiger partial charge >= 0.3 is 0 Å². The smallest absolute Gasteiger partial charge is 0.233 e. The highest BCUT2D eigenvalue weighted by molar-refractivity contribution is 5.79. The molecule has 3 heterocycles. The van der Waals surface area contributed by atoms with Gasteiger partial charge in [0.2, 0.25) is 17.7 Å². The molecule has 2 aromatic rings. The van der Waals surface area contributed by atoms with Crippen LogP contribution in [0.2, 0.25) is 0 Å². The van der Waals surface area contributed by atoms with E-state index in [0.29, 0.717) is 31.3 Å². The Bertz CT molecular complexity index is 648. The minimum Gasteiger partial charge on any atom is -0.480 e. The van der Waals surface area contributed by atoms with Crippen LogP contribution in [0.3, 0.4) is 0 Å². The summed E-state index contributed by atoms with van der Waals surface area (Å²) < 4.78 is 10.7. The standard InChI is InChI=1S/C16H18N4O3/c1-22-14-4-5-15(19-18-14)23-13-6-8-20(11-13)16(21)9-12-3-2-7-17-10-12/h2-5,7,10,13H,6,8-9,11H2,1H3/t13-/m0/s1. The molecule has 1 saturated heterocycles. The summed E-state index contributed by atoms with van der Waals surface area (Å²) in [4.78, 5) is 18.1. The molecule has 1 fully saturated rings. The van der Waals surface area contributed by atoms with Crippen molar-refractivity contribution in [1.82, 2.24) is 20.1 Å². The second-order valence-electron chi connectivity index (χ2n) is 5.32. The average Bonchev–Trinajstić information content (AvgIpc) is 3.05. The Balaban J connectivity index is 1.52. The van der Waals surface area contributed by atoms with E-state index >= 15 is 0 Å². The molecule has 7 heteroatoms. The van der Waals surface area contributed by atoms with E-state index in [9.17, 15) is 4.79 Å². The molecule has 23 heavy (non-hydrogen) atoms. The molecule has 0 N–H and O–H groups in total. The maximum atomic E-state index is 12.3. The molecule has 1 amide bonds. The number of hydrogen-bond acceptors (Lipinski definition) is 6. The fourth-order valence-corrected chi connectivity index (χ4v) is 2.49. The van der Waals surface area contributed by atoms with Crippen LogP contribution in [0.25, 0.3) is 0 Å². The van der Waals surface area contributed by atoms with Crippen molar-refractivity contribution in [2.75, 3.05) is 20.2 Å². The third-order valence-corrected chi connectivity index (χ3v) is 3.69. The molecule has 120 valence electrons. The van der Waals surface area contributed by atoms with Crippen LogP contribution in [0.15, 0.2) is 36.7 Å². The molecule has 3 rings (SSSR count). The molecular formula is C16H18N4O3. The Hall–Kier alpha value is -2.70. The van der Waals surface area contributed by atoms with Gasteiger partial charge in [-0.2, -0.15) is 0 Å². The van der Waals surface area contributed by atoms with Crippen molar-refractivity contribution in [2.24, 2.45) is 0 Å². The molecular weight excluding hydrogens is 296 g/mol. The number of hydrogen-bond donors (Lipinski definition) is 0. The zero-order valence-electron chi connectivity index (χ0n) is 12.9. The molecule has 0 saturated carbocycles. The van der Waals surface area contributed by atoms with Gasteiger partial charge in [-0.25, -0.2) is 0 Å². The Labute approximate surface area is 134 Å². The molecule has 0 spiro atoms. The first-order valence-electron chi connectivity index (χ1n) is 7.45. The van der Waals surface area contributed by atoms with E-state index in [0.717, 1.165) is 12.0 Å². The Kier molecular flexibility index (Phi) is 4.65. The van der Waals surface area contributed by atoms with Gasteiger partial charge in [-0.1, -0.05) is 6.07 Å². The van der Waals surface area contributed by atoms with Crippen molar-refractivity contribution in [3.63, 3.8) is 0 Å². The van der Waals surface area contributed by atoms with E-state index in [2.05, 4.69) is 15.2 Å². The van der Waals surface area contributed by atoms with Gasteiger partial charge in [0.25, 0.3) is 0 Å². The Morgan fingerprint density at radius 1 is 1.30 bits per heavy atom. The van der Waals surface area contributed by atoms with Gasteiger partial charge in [-0.3, -0.25) is 9.78 Å². The van der Waals surface area contributed by atoms with Crippen molar-refractivity contribution >= 4 is 5.91 Å². The molecule has 7 nitrogen and oxygen atoms in total. The van der Waals surface area contributed by atoms with Crippen LogP contribution in [-0.2, 0) is 11.2 Å². The number of ether oxygens (including phenoxy) is 2. The largest absolute Gasteiger partial charge is 0.480 e. The topological polar surface area (TPSA) is 77.4 Å². The lowest BCUT2D eigenvalue weighted by atomic mass is 10.2. The highest BCUT2D eigenvalue weighted by atomic mass is 16.5. The first-order chi connectivity index (χ1) is 11.2. The molecule has 1 aliphatic rings. The summed E-state index contributed by atoms with van der Waals surface area (Å²) in [6, 6.07) is 7.15. The minimum absolute atomic E-state index is 0.0597. The van der Waals surface area contributed by atoms with Crippen LogP contribution in [0.4, 0.5) is 0 Å². The summed E-state index contributed by atoms with van der Waals surface area (Å²) in [5.74, 6) is 0.972. The lowest BCUT2D eigenvalue weighted by molar-refractivity contribution is -0.129. The van der Waals surface area contributed by atoms with Crippen LogP contribution in [0, 0.1) is 0 Å². The minimum atomic E-state index is -0.0597. The molecule has 0 bridgehead atoms. The summed E-state index contributed by atoms with van der Waals surface area (Å²) in [6.07, 6.45) is 4.50. The summed E-state index contributed by atoms with van der Waals surface area (Å²) >= 11 is 0. The van der Waals surface area contributed by atoms with Crippen LogP contribution in [0.1, 0.15) is 12.0 Å². The van der Waals surface area contributed by atoms with Crippen molar-refractivity contribution in [3.8, 4) is 11.8 Å². The Morgan fingerprint density at radius 3 is 2.83 bits per heavy atom. The third kappa shape index (κ3) is 3.94. The maximum Gasteiger partial charge on any atom is 0.233 e. The molecule has 0 radical (unpaired) electrons. The van der Waals surface area contributed by atoms with Crippen molar-refractivity contribution in [2.45, 2.75) is 18.9 Å². The maximum absolute atomic E-state index is 12.3. The molecule has 0 aromatic carbocycles. The van der Waals surface area contributed by atoms with E-state index < -0.39 is 0 Å². The lowest BCUT2D eigenvalue weighted by Gasteiger charge is -2.16. The quantitative estimate of drug-likeness (QED) is 0.822. The SMILES string of the molecule is COc1ccc(O[C@H]2CCN(C(=O)Cc3cccnc3)C2)nn1. The van der Waals surface area contributed by atoms with Gasteiger partial charge in [0.1, 0.15) is 6.10 Å². The molecule has 2 aromatic heterocycles. The van der Waals surface area contributed by atoms with E-state index in [1.807, 2.05) is 17.0 Å². The van der Waals surface area contributed by atoms with Crippen LogP contribution >= 0.6 is 0 Å². The normalized spacial score (nSPS) is 17.1. The number of pyridine rings is 1. The lowest BCUT2D eigenvalue weighted by Crippen LogP contribution is -2.32. The molecule has 0 aliphatic carbocycles. The molecule has 1 aliphatic heterocycles. The highest BCUT2D eigenvalue weighted by Crippen LogP contribution is 2.18. The van der Waals surface area contributed by atoms with Crippen LogP contribution in [-0.4, -0.2) is 52.3 Å². The van der Waals surface area contributed by atoms with Gasteiger partial charge in [0.15, 0.2) is 0 Å². The predicted molar refractivity (Wildman–Crippen MR) is 82.1 cm³/mol. The van der Waals surface area contributed by atoms with E-state index in [1.54, 1.807) is 24.5 Å². The highest BCUT2D eigenvalue weighted by Gasteiger charge is 2.27. The average molecular weight is 314 g/mol. The fourth-order valence-electron chi connectivity index (χ4n) is 2.49. The van der Waals surface area contributed by atoms with E-state index in [1.165, 1.54) is 7.11 Å². The predicted octanol–water partition coefficient (Wildman–Crippen LogP) is 1.10. The number of methoxy groups -OCH3 is 1. The third-order valence-electron chi connectivity index (χ3n) is 3.69. The van der Waals surface area contributed by atoms with Crippen LogP contribution in [0.5, 0.6) is 11.8 Å². The summed E-state index contributed by atoms with van der Waals surface area (Å²) in [5, 5.41) is 7.81. The number of amides is 1. The number of likely N-dealkylation sites (tertiary alicyclic amines) is 1. The number of carbonyl (C=O) groups excluding carboxylic acids is 1. The number of rotatable bonds is 5. The second kappa shape index (κ2) is 7.04. The van der Waals surface area contributed by atoms with Gasteiger partial charge in [-0.05, 0) is 11.6 Å².